The number of allylic oxidation sites excluding steroid dienone is 2. The Kier molecular flexibility index (Phi) is 1.93. The molecular weight excluding hydrogens is 226 g/mol. The lowest BCUT2D eigenvalue weighted by Gasteiger charge is -1.91. The quantitative estimate of drug-likeness (QED) is 0.524. The molecule has 0 amide bonds. The molecular formula is C11H8BrN. The first-order valence-corrected chi connectivity index (χ1v) is 4.07. The Morgan fingerprint density at radius 2 is 1.92 bits per heavy atom. The molecule has 2 heteroatoms. The highest BCUT2D eigenvalue weighted by Gasteiger charge is 2.26. The van der Waals surface area contributed by atoms with E-state index < -0.39 is 0 Å². The van der Waals surface area contributed by atoms with Gasteiger partial charge in [-0.3, -0.25) is 0 Å². The van der Waals surface area contributed by atoms with Crippen molar-refractivity contribution in [1.29, 1.82) is 0 Å². The van der Waals surface area contributed by atoms with Crippen LogP contribution in [0.5, 0.6) is 0 Å². The summed E-state index contributed by atoms with van der Waals surface area (Å²) in [7, 11) is 0. The molecule has 0 unspecified atom stereocenters. The second-order valence-corrected chi connectivity index (χ2v) is 3.01. The summed E-state index contributed by atoms with van der Waals surface area (Å²) in [4.78, 5) is 0. The van der Waals surface area contributed by atoms with Gasteiger partial charge in [0.1, 0.15) is 0 Å². The van der Waals surface area contributed by atoms with Crippen molar-refractivity contribution in [2.24, 2.45) is 0 Å². The Hall–Kier alpha value is -1.15. The molecule has 64 valence electrons. The number of nitrogens with zero attached hydrogens (tertiary/aromatic N) is 1. The highest BCUT2D eigenvalue weighted by molar-refractivity contribution is 5.79. The minimum Gasteiger partial charge on any atom is -1.00 e. The van der Waals surface area contributed by atoms with Gasteiger partial charge < -0.3 is 17.0 Å². The fraction of sp³-hybridized carbons (Fsp3) is 0. The SMILES string of the molecule is C1=CC2=Cc3ccccc3[N+]2=C1.[Br-]. The second kappa shape index (κ2) is 2.96. The lowest BCUT2D eigenvalue weighted by Crippen LogP contribution is -3.00. The van der Waals surface area contributed by atoms with Crippen LogP contribution in [0.1, 0.15) is 5.56 Å². The lowest BCUT2D eigenvalue weighted by atomic mass is 10.2. The zero-order valence-electron chi connectivity index (χ0n) is 6.94. The smallest absolute Gasteiger partial charge is 0.218 e. The van der Waals surface area contributed by atoms with E-state index in [4.69, 9.17) is 0 Å². The summed E-state index contributed by atoms with van der Waals surface area (Å²) < 4.78 is 2.20. The van der Waals surface area contributed by atoms with E-state index in [0.717, 1.165) is 0 Å². The fourth-order valence-electron chi connectivity index (χ4n) is 1.72. The predicted octanol–water partition coefficient (Wildman–Crippen LogP) is -0.670. The molecule has 0 fully saturated rings. The number of para-hydroxylation sites is 1. The van der Waals surface area contributed by atoms with E-state index in [1.807, 2.05) is 0 Å². The van der Waals surface area contributed by atoms with Gasteiger partial charge in [0.05, 0.1) is 5.56 Å². The third-order valence-electron chi connectivity index (χ3n) is 2.28. The van der Waals surface area contributed by atoms with Crippen molar-refractivity contribution >= 4 is 18.0 Å². The maximum Gasteiger partial charge on any atom is 0.218 e. The van der Waals surface area contributed by atoms with Crippen molar-refractivity contribution in [1.82, 2.24) is 0 Å². The van der Waals surface area contributed by atoms with Crippen LogP contribution in [0.2, 0.25) is 0 Å². The molecule has 1 aromatic rings. The Labute approximate surface area is 87.5 Å². The van der Waals surface area contributed by atoms with Gasteiger partial charge in [0.15, 0.2) is 6.21 Å². The van der Waals surface area contributed by atoms with Crippen LogP contribution < -0.4 is 17.0 Å². The summed E-state index contributed by atoms with van der Waals surface area (Å²) in [5, 5.41) is 0. The van der Waals surface area contributed by atoms with Gasteiger partial charge in [0.2, 0.25) is 11.4 Å². The van der Waals surface area contributed by atoms with E-state index in [1.165, 1.54) is 16.9 Å². The van der Waals surface area contributed by atoms with E-state index in [1.54, 1.807) is 0 Å². The van der Waals surface area contributed by atoms with E-state index in [0.29, 0.717) is 0 Å². The highest BCUT2D eigenvalue weighted by Crippen LogP contribution is 2.32. The van der Waals surface area contributed by atoms with Crippen molar-refractivity contribution in [2.45, 2.75) is 0 Å². The molecule has 0 radical (unpaired) electrons. The largest absolute Gasteiger partial charge is 1.00 e. The van der Waals surface area contributed by atoms with Crippen LogP contribution in [-0.2, 0) is 0 Å². The van der Waals surface area contributed by atoms with E-state index in [2.05, 4.69) is 53.3 Å². The molecule has 3 rings (SSSR count). The first-order valence-electron chi connectivity index (χ1n) is 4.07. The number of halogens is 1. The van der Waals surface area contributed by atoms with Gasteiger partial charge in [0, 0.05) is 24.3 Å². The van der Waals surface area contributed by atoms with Crippen LogP contribution in [-0.4, -0.2) is 10.8 Å². The normalized spacial score (nSPS) is 15.7. The first kappa shape index (κ1) is 8.45. The van der Waals surface area contributed by atoms with Crippen LogP contribution in [0.4, 0.5) is 5.69 Å². The molecule has 2 aliphatic heterocycles. The summed E-state index contributed by atoms with van der Waals surface area (Å²) in [6, 6.07) is 8.42. The van der Waals surface area contributed by atoms with Gasteiger partial charge in [-0.15, -0.1) is 0 Å². The molecule has 2 aliphatic rings. The summed E-state index contributed by atoms with van der Waals surface area (Å²) >= 11 is 0. The Morgan fingerprint density at radius 3 is 2.85 bits per heavy atom. The Morgan fingerprint density at radius 1 is 1.08 bits per heavy atom. The molecule has 0 spiro atoms. The van der Waals surface area contributed by atoms with Gasteiger partial charge in [-0.05, 0) is 6.07 Å². The lowest BCUT2D eigenvalue weighted by molar-refractivity contribution is -0.362. The molecule has 2 heterocycles. The minimum absolute atomic E-state index is 0. The fourth-order valence-corrected chi connectivity index (χ4v) is 1.72. The summed E-state index contributed by atoms with van der Waals surface area (Å²) in [6.07, 6.45) is 8.49. The molecule has 0 aliphatic carbocycles. The standard InChI is InChI=1S/C11H8N.BrH/c1-2-6-11-9(4-1)8-10-5-3-7-12(10)11;/h1-8H;1H/q+1;/p-1. The predicted molar refractivity (Wildman–Crippen MR) is 49.5 cm³/mol. The molecule has 0 aromatic heterocycles. The number of benzene rings is 1. The molecule has 0 saturated carbocycles. The number of rotatable bonds is 0. The Bertz CT molecular complexity index is 441. The second-order valence-electron chi connectivity index (χ2n) is 3.01. The van der Waals surface area contributed by atoms with Gasteiger partial charge >= 0.3 is 0 Å². The number of hydrogen-bond donors (Lipinski definition) is 0. The maximum absolute atomic E-state index is 2.20. The molecule has 0 bridgehead atoms. The van der Waals surface area contributed by atoms with Crippen molar-refractivity contribution in [3.8, 4) is 0 Å². The minimum atomic E-state index is 0. The number of hydrogen-bond acceptors (Lipinski definition) is 0. The van der Waals surface area contributed by atoms with Crippen molar-refractivity contribution in [3.63, 3.8) is 0 Å². The molecule has 13 heavy (non-hydrogen) atoms. The van der Waals surface area contributed by atoms with Gasteiger partial charge in [-0.25, -0.2) is 0 Å². The molecule has 0 N–H and O–H groups in total. The zero-order valence-corrected chi connectivity index (χ0v) is 8.53. The molecule has 1 aromatic carbocycles. The van der Waals surface area contributed by atoms with E-state index in [-0.39, 0.29) is 17.0 Å². The Balaban J connectivity index is 0.000000653. The van der Waals surface area contributed by atoms with Crippen molar-refractivity contribution in [3.05, 3.63) is 47.7 Å². The van der Waals surface area contributed by atoms with Crippen LogP contribution in [0.3, 0.4) is 0 Å². The van der Waals surface area contributed by atoms with Crippen LogP contribution in [0, 0.1) is 0 Å². The zero-order chi connectivity index (χ0) is 7.97. The van der Waals surface area contributed by atoms with Crippen molar-refractivity contribution in [2.75, 3.05) is 0 Å². The van der Waals surface area contributed by atoms with Crippen LogP contribution in [0.25, 0.3) is 6.08 Å². The average Bonchev–Trinajstić information content (AvgIpc) is 2.62. The summed E-state index contributed by atoms with van der Waals surface area (Å²) in [5.41, 5.74) is 3.88. The van der Waals surface area contributed by atoms with Gasteiger partial charge in [-0.2, -0.15) is 4.58 Å². The van der Waals surface area contributed by atoms with Crippen molar-refractivity contribution < 1.29 is 21.6 Å². The highest BCUT2D eigenvalue weighted by atomic mass is 79.9. The third kappa shape index (κ3) is 1.10. The molecule has 1 nitrogen and oxygen atoms in total. The maximum atomic E-state index is 2.20. The molecule has 0 atom stereocenters. The van der Waals surface area contributed by atoms with Crippen LogP contribution in [0.15, 0.2) is 42.1 Å². The molecule has 0 saturated heterocycles. The summed E-state index contributed by atoms with van der Waals surface area (Å²) in [5.74, 6) is 0. The van der Waals surface area contributed by atoms with Crippen LogP contribution >= 0.6 is 0 Å². The summed E-state index contributed by atoms with van der Waals surface area (Å²) in [6.45, 7) is 0. The number of fused-ring (bicyclic) bond motifs is 3. The van der Waals surface area contributed by atoms with E-state index in [9.17, 15) is 0 Å². The topological polar surface area (TPSA) is 3.01 Å². The van der Waals surface area contributed by atoms with E-state index >= 15 is 0 Å². The third-order valence-corrected chi connectivity index (χ3v) is 2.28. The van der Waals surface area contributed by atoms with Gasteiger partial charge in [0.25, 0.3) is 0 Å². The van der Waals surface area contributed by atoms with Gasteiger partial charge in [-0.1, -0.05) is 12.1 Å². The monoisotopic (exact) mass is 233 g/mol. The first-order chi connectivity index (χ1) is 5.95. The average molecular weight is 234 g/mol.